The predicted octanol–water partition coefficient (Wildman–Crippen LogP) is 2.36. The number of nitrogens with zero attached hydrogens (tertiary/aromatic N) is 2. The molecule has 0 saturated carbocycles. The lowest BCUT2D eigenvalue weighted by atomic mass is 10.2. The second kappa shape index (κ2) is 8.18. The van der Waals surface area contributed by atoms with Crippen molar-refractivity contribution >= 4 is 17.6 Å². The van der Waals surface area contributed by atoms with E-state index in [2.05, 4.69) is 10.4 Å². The summed E-state index contributed by atoms with van der Waals surface area (Å²) in [6.07, 6.45) is 0. The Balaban J connectivity index is 1.74. The fourth-order valence-corrected chi connectivity index (χ4v) is 2.59. The van der Waals surface area contributed by atoms with Crippen molar-refractivity contribution < 1.29 is 14.3 Å². The first-order valence-corrected chi connectivity index (χ1v) is 8.42. The van der Waals surface area contributed by atoms with Crippen LogP contribution in [0.3, 0.4) is 0 Å². The first-order valence-electron chi connectivity index (χ1n) is 8.42. The fraction of sp³-hybridized carbons (Fsp3) is 0.150. The molecule has 0 fully saturated rings. The normalized spacial score (nSPS) is 10.4. The van der Waals surface area contributed by atoms with Crippen molar-refractivity contribution in [1.29, 1.82) is 0 Å². The Bertz CT molecular complexity index is 951. The molecule has 1 aromatic heterocycles. The van der Waals surface area contributed by atoms with Crippen molar-refractivity contribution in [3.63, 3.8) is 0 Å². The van der Waals surface area contributed by atoms with Gasteiger partial charge in [-0.2, -0.15) is 5.10 Å². The van der Waals surface area contributed by atoms with Gasteiger partial charge in [-0.15, -0.1) is 0 Å². The second-order valence-electron chi connectivity index (χ2n) is 6.05. The number of rotatable bonds is 7. The van der Waals surface area contributed by atoms with Crippen molar-refractivity contribution in [2.45, 2.75) is 13.5 Å². The lowest BCUT2D eigenvalue weighted by molar-refractivity contribution is -0.119. The van der Waals surface area contributed by atoms with E-state index in [9.17, 15) is 9.59 Å². The minimum atomic E-state index is -0.579. The minimum Gasteiger partial charge on any atom is -0.484 e. The van der Waals surface area contributed by atoms with Gasteiger partial charge in [0.2, 0.25) is 0 Å². The van der Waals surface area contributed by atoms with Crippen molar-refractivity contribution in [2.24, 2.45) is 5.73 Å². The van der Waals surface area contributed by atoms with E-state index < -0.39 is 5.91 Å². The number of nitrogens with two attached hydrogens (primary N) is 1. The molecular formula is C20H20N4O3. The number of carbonyl (C=O) groups excluding carboxylic acids is 2. The number of amides is 2. The van der Waals surface area contributed by atoms with Crippen LogP contribution in [0.5, 0.6) is 5.75 Å². The summed E-state index contributed by atoms with van der Waals surface area (Å²) in [7, 11) is 0. The SMILES string of the molecule is Cc1cc(NC(=O)c2cccc(OCC(N)=O)c2)n(Cc2ccccc2)n1. The molecule has 138 valence electrons. The highest BCUT2D eigenvalue weighted by atomic mass is 16.5. The number of aromatic nitrogens is 2. The maximum atomic E-state index is 12.6. The third-order valence-electron chi connectivity index (χ3n) is 3.80. The van der Waals surface area contributed by atoms with Crippen LogP contribution in [0.25, 0.3) is 0 Å². The van der Waals surface area contributed by atoms with E-state index in [1.165, 1.54) is 0 Å². The molecule has 7 heteroatoms. The molecule has 3 N–H and O–H groups in total. The average molecular weight is 364 g/mol. The first-order chi connectivity index (χ1) is 13.0. The summed E-state index contributed by atoms with van der Waals surface area (Å²) in [6.45, 7) is 2.18. The lowest BCUT2D eigenvalue weighted by Gasteiger charge is -2.10. The van der Waals surface area contributed by atoms with Crippen molar-refractivity contribution in [2.75, 3.05) is 11.9 Å². The molecule has 0 bridgehead atoms. The van der Waals surface area contributed by atoms with E-state index in [4.69, 9.17) is 10.5 Å². The van der Waals surface area contributed by atoms with Gasteiger partial charge in [-0.25, -0.2) is 4.68 Å². The molecule has 3 aromatic rings. The highest BCUT2D eigenvalue weighted by molar-refractivity contribution is 6.04. The predicted molar refractivity (Wildman–Crippen MR) is 102 cm³/mol. The molecule has 2 amide bonds. The second-order valence-corrected chi connectivity index (χ2v) is 6.05. The standard InChI is InChI=1S/C20H20N4O3/c1-14-10-19(24(23-14)12-15-6-3-2-4-7-15)22-20(26)16-8-5-9-17(11-16)27-13-18(21)25/h2-11H,12-13H2,1H3,(H2,21,25)(H,22,26). The molecule has 0 spiro atoms. The smallest absolute Gasteiger partial charge is 0.256 e. The highest BCUT2D eigenvalue weighted by Gasteiger charge is 2.12. The summed E-state index contributed by atoms with van der Waals surface area (Å²) in [4.78, 5) is 23.4. The van der Waals surface area contributed by atoms with Crippen molar-refractivity contribution in [3.05, 3.63) is 77.5 Å². The number of hydrogen-bond acceptors (Lipinski definition) is 4. The lowest BCUT2D eigenvalue weighted by Crippen LogP contribution is -2.20. The number of aryl methyl sites for hydroxylation is 1. The Morgan fingerprint density at radius 2 is 1.89 bits per heavy atom. The van der Waals surface area contributed by atoms with Crippen LogP contribution in [0, 0.1) is 6.92 Å². The molecule has 0 saturated heterocycles. The molecule has 1 heterocycles. The molecule has 3 rings (SSSR count). The Hall–Kier alpha value is -3.61. The molecule has 0 radical (unpaired) electrons. The van der Waals surface area contributed by atoms with Gasteiger partial charge < -0.3 is 15.8 Å². The fourth-order valence-electron chi connectivity index (χ4n) is 2.59. The summed E-state index contributed by atoms with van der Waals surface area (Å²) in [6, 6.07) is 18.2. The molecular weight excluding hydrogens is 344 g/mol. The van der Waals surface area contributed by atoms with E-state index in [0.717, 1.165) is 11.3 Å². The van der Waals surface area contributed by atoms with Gasteiger partial charge in [0.25, 0.3) is 11.8 Å². The zero-order valence-corrected chi connectivity index (χ0v) is 14.9. The number of ether oxygens (including phenoxy) is 1. The molecule has 0 aliphatic heterocycles. The summed E-state index contributed by atoms with van der Waals surface area (Å²) < 4.78 is 6.99. The maximum absolute atomic E-state index is 12.6. The number of anilines is 1. The third kappa shape index (κ3) is 4.94. The van der Waals surface area contributed by atoms with Crippen LogP contribution in [0.2, 0.25) is 0 Å². The Morgan fingerprint density at radius 1 is 1.11 bits per heavy atom. The molecule has 7 nitrogen and oxygen atoms in total. The highest BCUT2D eigenvalue weighted by Crippen LogP contribution is 2.17. The van der Waals surface area contributed by atoms with Gasteiger partial charge in [0, 0.05) is 11.6 Å². The molecule has 27 heavy (non-hydrogen) atoms. The van der Waals surface area contributed by atoms with E-state index in [0.29, 0.717) is 23.7 Å². The number of benzene rings is 2. The number of primary amides is 1. The van der Waals surface area contributed by atoms with E-state index in [-0.39, 0.29) is 12.5 Å². The van der Waals surface area contributed by atoms with Crippen molar-refractivity contribution in [3.8, 4) is 5.75 Å². The van der Waals surface area contributed by atoms with E-state index in [1.807, 2.05) is 43.3 Å². The summed E-state index contributed by atoms with van der Waals surface area (Å²) in [5.41, 5.74) is 7.36. The summed E-state index contributed by atoms with van der Waals surface area (Å²) in [5.74, 6) is 0.124. The number of carbonyl (C=O) groups is 2. The largest absolute Gasteiger partial charge is 0.484 e. The van der Waals surface area contributed by atoms with Gasteiger partial charge in [-0.05, 0) is 30.7 Å². The summed E-state index contributed by atoms with van der Waals surface area (Å²) in [5, 5.41) is 7.32. The van der Waals surface area contributed by atoms with Crippen LogP contribution in [0.4, 0.5) is 5.82 Å². The molecule has 0 aliphatic rings. The van der Waals surface area contributed by atoms with Crippen LogP contribution in [0.15, 0.2) is 60.7 Å². The van der Waals surface area contributed by atoms with E-state index >= 15 is 0 Å². The monoisotopic (exact) mass is 364 g/mol. The topological polar surface area (TPSA) is 99.2 Å². The van der Waals surface area contributed by atoms with Crippen LogP contribution < -0.4 is 15.8 Å². The Kier molecular flexibility index (Phi) is 5.51. The van der Waals surface area contributed by atoms with Crippen LogP contribution in [-0.2, 0) is 11.3 Å². The number of hydrogen-bond donors (Lipinski definition) is 2. The molecule has 0 unspecified atom stereocenters. The average Bonchev–Trinajstić information content (AvgIpc) is 3.00. The van der Waals surface area contributed by atoms with Crippen molar-refractivity contribution in [1.82, 2.24) is 9.78 Å². The van der Waals surface area contributed by atoms with Gasteiger partial charge in [0.1, 0.15) is 11.6 Å². The quantitative estimate of drug-likeness (QED) is 0.672. The zero-order chi connectivity index (χ0) is 19.2. The maximum Gasteiger partial charge on any atom is 0.256 e. The minimum absolute atomic E-state index is 0.242. The summed E-state index contributed by atoms with van der Waals surface area (Å²) >= 11 is 0. The zero-order valence-electron chi connectivity index (χ0n) is 14.9. The van der Waals surface area contributed by atoms with Gasteiger partial charge in [0.15, 0.2) is 6.61 Å². The van der Waals surface area contributed by atoms with Gasteiger partial charge in [-0.1, -0.05) is 36.4 Å². The van der Waals surface area contributed by atoms with Crippen LogP contribution >= 0.6 is 0 Å². The molecule has 0 aliphatic carbocycles. The van der Waals surface area contributed by atoms with Gasteiger partial charge in [-0.3, -0.25) is 9.59 Å². The van der Waals surface area contributed by atoms with Gasteiger partial charge in [0.05, 0.1) is 12.2 Å². The van der Waals surface area contributed by atoms with E-state index in [1.54, 1.807) is 28.9 Å². The first kappa shape index (κ1) is 18.2. The third-order valence-corrected chi connectivity index (χ3v) is 3.80. The Morgan fingerprint density at radius 3 is 2.63 bits per heavy atom. The van der Waals surface area contributed by atoms with Gasteiger partial charge >= 0.3 is 0 Å². The molecule has 2 aromatic carbocycles. The number of nitrogens with one attached hydrogen (secondary N) is 1. The van der Waals surface area contributed by atoms with Crippen LogP contribution in [-0.4, -0.2) is 28.2 Å². The van der Waals surface area contributed by atoms with Crippen LogP contribution in [0.1, 0.15) is 21.6 Å². The molecule has 0 atom stereocenters. The Labute approximate surface area is 156 Å².